The molecule has 2 N–H and O–H groups in total. The number of morpholine rings is 1. The lowest BCUT2D eigenvalue weighted by atomic mass is 10.1. The van der Waals surface area contributed by atoms with Crippen LogP contribution in [0.4, 0.5) is 11.4 Å². The van der Waals surface area contributed by atoms with E-state index in [0.717, 1.165) is 44.7 Å². The van der Waals surface area contributed by atoms with E-state index in [1.165, 1.54) is 12.1 Å². The number of nitrogens with zero attached hydrogens (tertiary/aromatic N) is 1. The molecule has 1 aliphatic rings. The molecule has 0 radical (unpaired) electrons. The Morgan fingerprint density at radius 2 is 1.93 bits per heavy atom. The van der Waals surface area contributed by atoms with Crippen LogP contribution in [-0.4, -0.2) is 51.8 Å². The van der Waals surface area contributed by atoms with Crippen molar-refractivity contribution in [2.75, 3.05) is 42.6 Å². The molecule has 0 atom stereocenters. The van der Waals surface area contributed by atoms with Crippen LogP contribution in [0.5, 0.6) is 0 Å². The first-order valence-corrected chi connectivity index (χ1v) is 11.0. The summed E-state index contributed by atoms with van der Waals surface area (Å²) < 4.78 is 30.6. The highest BCUT2D eigenvalue weighted by Crippen LogP contribution is 2.24. The molecule has 0 aliphatic carbocycles. The summed E-state index contributed by atoms with van der Waals surface area (Å²) in [5.41, 5.74) is 2.23. The van der Waals surface area contributed by atoms with Crippen LogP contribution >= 0.6 is 11.6 Å². The predicted octanol–water partition coefficient (Wildman–Crippen LogP) is 2.80. The number of carbonyl (C=O) groups excluding carboxylic acids is 1. The number of ether oxygens (including phenoxy) is 1. The maximum atomic E-state index is 12.6. The predicted molar refractivity (Wildman–Crippen MR) is 110 cm³/mol. The van der Waals surface area contributed by atoms with E-state index in [9.17, 15) is 13.2 Å². The van der Waals surface area contributed by atoms with Gasteiger partial charge in [0.05, 0.1) is 30.2 Å². The van der Waals surface area contributed by atoms with Gasteiger partial charge in [-0.15, -0.1) is 0 Å². The van der Waals surface area contributed by atoms with Gasteiger partial charge in [-0.2, -0.15) is 0 Å². The van der Waals surface area contributed by atoms with Gasteiger partial charge in [0.15, 0.2) is 0 Å². The number of halogens is 1. The lowest BCUT2D eigenvalue weighted by Gasteiger charge is -2.26. The molecular weight excluding hydrogens is 402 g/mol. The lowest BCUT2D eigenvalue weighted by Crippen LogP contribution is -2.35. The zero-order chi connectivity index (χ0) is 20.1. The standard InChI is InChI=1S/C19H22ClN3O4S/c1-28(25,26)22-18-12-15(5-6-17(18)20)19(24)21-16-4-2-3-14(11-16)13-23-7-9-27-10-8-23/h2-6,11-12,22H,7-10,13H2,1H3,(H,21,24). The minimum atomic E-state index is -3.50. The molecule has 0 unspecified atom stereocenters. The third-order valence-electron chi connectivity index (χ3n) is 4.22. The molecule has 1 saturated heterocycles. The number of carbonyl (C=O) groups is 1. The molecule has 1 heterocycles. The van der Waals surface area contributed by atoms with E-state index in [4.69, 9.17) is 16.3 Å². The Morgan fingerprint density at radius 1 is 1.18 bits per heavy atom. The second kappa shape index (κ2) is 8.91. The fourth-order valence-electron chi connectivity index (χ4n) is 2.91. The molecule has 7 nitrogen and oxygen atoms in total. The Hall–Kier alpha value is -2.13. The highest BCUT2D eigenvalue weighted by Gasteiger charge is 2.13. The summed E-state index contributed by atoms with van der Waals surface area (Å²) in [6, 6.07) is 12.1. The lowest BCUT2D eigenvalue weighted by molar-refractivity contribution is 0.0342. The average molecular weight is 424 g/mol. The third-order valence-corrected chi connectivity index (χ3v) is 5.14. The zero-order valence-electron chi connectivity index (χ0n) is 15.4. The van der Waals surface area contributed by atoms with Crippen LogP contribution in [0.2, 0.25) is 5.02 Å². The first kappa shape index (κ1) is 20.6. The molecule has 9 heteroatoms. The minimum Gasteiger partial charge on any atom is -0.379 e. The van der Waals surface area contributed by atoms with Gasteiger partial charge in [-0.05, 0) is 35.9 Å². The van der Waals surface area contributed by atoms with Gasteiger partial charge in [0.2, 0.25) is 10.0 Å². The smallest absolute Gasteiger partial charge is 0.255 e. The van der Waals surface area contributed by atoms with Crippen molar-refractivity contribution >= 4 is 38.9 Å². The van der Waals surface area contributed by atoms with Crippen molar-refractivity contribution in [1.29, 1.82) is 0 Å². The van der Waals surface area contributed by atoms with Gasteiger partial charge >= 0.3 is 0 Å². The Morgan fingerprint density at radius 3 is 2.64 bits per heavy atom. The summed E-state index contributed by atoms with van der Waals surface area (Å²) in [7, 11) is -3.50. The summed E-state index contributed by atoms with van der Waals surface area (Å²) in [4.78, 5) is 14.9. The average Bonchev–Trinajstić information content (AvgIpc) is 2.63. The second-order valence-electron chi connectivity index (χ2n) is 6.61. The molecule has 0 aromatic heterocycles. The summed E-state index contributed by atoms with van der Waals surface area (Å²) in [5.74, 6) is -0.350. The van der Waals surface area contributed by atoms with E-state index in [1.54, 1.807) is 6.07 Å². The number of benzene rings is 2. The zero-order valence-corrected chi connectivity index (χ0v) is 17.0. The normalized spacial score (nSPS) is 15.2. The first-order chi connectivity index (χ1) is 13.3. The number of anilines is 2. The van der Waals surface area contributed by atoms with Gasteiger partial charge in [0.25, 0.3) is 5.91 Å². The number of sulfonamides is 1. The molecule has 28 heavy (non-hydrogen) atoms. The first-order valence-electron chi connectivity index (χ1n) is 8.78. The van der Waals surface area contributed by atoms with Crippen LogP contribution in [0.25, 0.3) is 0 Å². The van der Waals surface area contributed by atoms with E-state index < -0.39 is 10.0 Å². The van der Waals surface area contributed by atoms with Crippen LogP contribution in [0.3, 0.4) is 0 Å². The molecule has 2 aromatic rings. The number of nitrogens with one attached hydrogen (secondary N) is 2. The van der Waals surface area contributed by atoms with Crippen molar-refractivity contribution in [3.63, 3.8) is 0 Å². The number of amides is 1. The van der Waals surface area contributed by atoms with Crippen molar-refractivity contribution in [3.8, 4) is 0 Å². The van der Waals surface area contributed by atoms with E-state index in [-0.39, 0.29) is 16.6 Å². The third kappa shape index (κ3) is 5.93. The largest absolute Gasteiger partial charge is 0.379 e. The van der Waals surface area contributed by atoms with Gasteiger partial charge in [-0.3, -0.25) is 14.4 Å². The molecule has 0 bridgehead atoms. The van der Waals surface area contributed by atoms with Gasteiger partial charge in [0.1, 0.15) is 0 Å². The number of hydrogen-bond acceptors (Lipinski definition) is 5. The second-order valence-corrected chi connectivity index (χ2v) is 8.77. The fourth-order valence-corrected chi connectivity index (χ4v) is 3.70. The van der Waals surface area contributed by atoms with Crippen molar-refractivity contribution in [2.45, 2.75) is 6.54 Å². The summed E-state index contributed by atoms with van der Waals surface area (Å²) in [6.45, 7) is 4.03. The Labute approximate surface area is 169 Å². The highest BCUT2D eigenvalue weighted by atomic mass is 35.5. The molecule has 1 aliphatic heterocycles. The number of hydrogen-bond donors (Lipinski definition) is 2. The molecule has 1 fully saturated rings. The van der Waals surface area contributed by atoms with Crippen molar-refractivity contribution in [1.82, 2.24) is 4.90 Å². The fraction of sp³-hybridized carbons (Fsp3) is 0.316. The minimum absolute atomic E-state index is 0.165. The molecule has 150 valence electrons. The van der Waals surface area contributed by atoms with Crippen LogP contribution < -0.4 is 10.0 Å². The molecule has 3 rings (SSSR count). The SMILES string of the molecule is CS(=O)(=O)Nc1cc(C(=O)Nc2cccc(CN3CCOCC3)c2)ccc1Cl. The van der Waals surface area contributed by atoms with E-state index in [0.29, 0.717) is 11.3 Å². The maximum Gasteiger partial charge on any atom is 0.255 e. The molecule has 2 aromatic carbocycles. The van der Waals surface area contributed by atoms with Crippen molar-refractivity contribution < 1.29 is 17.9 Å². The van der Waals surface area contributed by atoms with Crippen molar-refractivity contribution in [3.05, 3.63) is 58.6 Å². The molecule has 0 spiro atoms. The van der Waals surface area contributed by atoms with Gasteiger partial charge < -0.3 is 10.1 Å². The van der Waals surface area contributed by atoms with E-state index in [2.05, 4.69) is 14.9 Å². The van der Waals surface area contributed by atoms with Crippen LogP contribution in [0.1, 0.15) is 15.9 Å². The topological polar surface area (TPSA) is 87.7 Å². The van der Waals surface area contributed by atoms with Crippen LogP contribution in [-0.2, 0) is 21.3 Å². The molecule has 0 saturated carbocycles. The van der Waals surface area contributed by atoms with Crippen LogP contribution in [0.15, 0.2) is 42.5 Å². The Bertz CT molecular complexity index is 959. The summed E-state index contributed by atoms with van der Waals surface area (Å²) >= 11 is 6.01. The summed E-state index contributed by atoms with van der Waals surface area (Å²) in [6.07, 6.45) is 1.02. The molecular formula is C19H22ClN3O4S. The maximum absolute atomic E-state index is 12.6. The van der Waals surface area contributed by atoms with Gasteiger partial charge in [-0.25, -0.2) is 8.42 Å². The van der Waals surface area contributed by atoms with Gasteiger partial charge in [-0.1, -0.05) is 23.7 Å². The Kier molecular flexibility index (Phi) is 6.56. The van der Waals surface area contributed by atoms with E-state index in [1.807, 2.05) is 24.3 Å². The number of rotatable bonds is 6. The van der Waals surface area contributed by atoms with E-state index >= 15 is 0 Å². The Balaban J connectivity index is 1.70. The monoisotopic (exact) mass is 423 g/mol. The van der Waals surface area contributed by atoms with Gasteiger partial charge in [0, 0.05) is 30.9 Å². The van der Waals surface area contributed by atoms with Crippen molar-refractivity contribution in [2.24, 2.45) is 0 Å². The highest BCUT2D eigenvalue weighted by molar-refractivity contribution is 7.92. The van der Waals surface area contributed by atoms with Crippen LogP contribution in [0, 0.1) is 0 Å². The summed E-state index contributed by atoms with van der Waals surface area (Å²) in [5, 5.41) is 3.06. The molecule has 1 amide bonds. The quantitative estimate of drug-likeness (QED) is 0.745.